The van der Waals surface area contributed by atoms with Crippen molar-refractivity contribution in [1.29, 1.82) is 0 Å². The zero-order valence-corrected chi connectivity index (χ0v) is 17.0. The summed E-state index contributed by atoms with van der Waals surface area (Å²) in [6, 6.07) is 12.0. The summed E-state index contributed by atoms with van der Waals surface area (Å²) in [6.07, 6.45) is -1.03. The molecule has 9 heteroatoms. The number of fused-ring (bicyclic) bond motifs is 1. The van der Waals surface area contributed by atoms with E-state index in [2.05, 4.69) is 15.0 Å². The van der Waals surface area contributed by atoms with Gasteiger partial charge in [0.15, 0.2) is 6.10 Å². The van der Waals surface area contributed by atoms with Crippen LogP contribution in [-0.4, -0.2) is 38.8 Å². The molecular weight excluding hydrogens is 394 g/mol. The number of para-hydroxylation sites is 1. The van der Waals surface area contributed by atoms with Crippen LogP contribution in [0.3, 0.4) is 0 Å². The number of nitrogens with zero attached hydrogens (tertiary/aromatic N) is 1. The van der Waals surface area contributed by atoms with Gasteiger partial charge in [-0.2, -0.15) is 0 Å². The van der Waals surface area contributed by atoms with Gasteiger partial charge in [-0.25, -0.2) is 8.42 Å². The van der Waals surface area contributed by atoms with Crippen molar-refractivity contribution in [3.05, 3.63) is 59.2 Å². The number of amides is 1. The number of anilines is 1. The molecule has 0 bridgehead atoms. The van der Waals surface area contributed by atoms with Gasteiger partial charge in [-0.15, -0.1) is 0 Å². The van der Waals surface area contributed by atoms with Crippen molar-refractivity contribution in [3.8, 4) is 0 Å². The Hall–Kier alpha value is -3.20. The van der Waals surface area contributed by atoms with Crippen LogP contribution in [0.5, 0.6) is 0 Å². The Morgan fingerprint density at radius 3 is 2.45 bits per heavy atom. The lowest BCUT2D eigenvalue weighted by Crippen LogP contribution is -2.31. The lowest BCUT2D eigenvalue weighted by atomic mass is 10.1. The van der Waals surface area contributed by atoms with Gasteiger partial charge in [0, 0.05) is 11.3 Å². The molecule has 1 aliphatic rings. The molecule has 0 aliphatic carbocycles. The van der Waals surface area contributed by atoms with E-state index in [0.29, 0.717) is 11.3 Å². The molecule has 2 aromatic carbocycles. The van der Waals surface area contributed by atoms with Crippen LogP contribution in [0.4, 0.5) is 5.69 Å². The van der Waals surface area contributed by atoms with Crippen LogP contribution < -0.4 is 10.0 Å². The maximum absolute atomic E-state index is 12.3. The van der Waals surface area contributed by atoms with Gasteiger partial charge < -0.3 is 10.1 Å². The minimum absolute atomic E-state index is 0.0742. The first-order valence-electron chi connectivity index (χ1n) is 8.92. The van der Waals surface area contributed by atoms with E-state index in [4.69, 9.17) is 4.74 Å². The Bertz CT molecular complexity index is 1090. The second-order valence-corrected chi connectivity index (χ2v) is 8.31. The van der Waals surface area contributed by atoms with Crippen molar-refractivity contribution in [3.63, 3.8) is 0 Å². The zero-order chi connectivity index (χ0) is 21.2. The predicted octanol–water partition coefficient (Wildman–Crippen LogP) is 1.91. The molecule has 2 N–H and O–H groups in total. The smallest absolute Gasteiger partial charge is 0.328 e. The SMILES string of the molecule is Cc1cccc(C)c1NC(=O)[C@H](C)OC(=O)CN=C1NS(=O)(=O)c2ccccc21. The number of ether oxygens (including phenoxy) is 1. The summed E-state index contributed by atoms with van der Waals surface area (Å²) in [7, 11) is -3.68. The first kappa shape index (κ1) is 20.5. The Morgan fingerprint density at radius 2 is 1.76 bits per heavy atom. The molecule has 1 amide bonds. The van der Waals surface area contributed by atoms with E-state index < -0.39 is 34.5 Å². The Kier molecular flexibility index (Phi) is 5.69. The molecule has 0 radical (unpaired) electrons. The monoisotopic (exact) mass is 415 g/mol. The van der Waals surface area contributed by atoms with Crippen molar-refractivity contribution in [2.24, 2.45) is 4.99 Å². The van der Waals surface area contributed by atoms with E-state index in [-0.39, 0.29) is 10.7 Å². The fraction of sp³-hybridized carbons (Fsp3) is 0.250. The van der Waals surface area contributed by atoms with Crippen molar-refractivity contribution in [2.75, 3.05) is 11.9 Å². The minimum Gasteiger partial charge on any atom is -0.451 e. The highest BCUT2D eigenvalue weighted by Crippen LogP contribution is 2.22. The molecule has 0 spiro atoms. The van der Waals surface area contributed by atoms with Crippen LogP contribution in [0, 0.1) is 13.8 Å². The number of carbonyl (C=O) groups excluding carboxylic acids is 2. The van der Waals surface area contributed by atoms with E-state index >= 15 is 0 Å². The van der Waals surface area contributed by atoms with E-state index in [0.717, 1.165) is 11.1 Å². The summed E-state index contributed by atoms with van der Waals surface area (Å²) in [5.41, 5.74) is 2.87. The topological polar surface area (TPSA) is 114 Å². The molecule has 0 unspecified atom stereocenters. The quantitative estimate of drug-likeness (QED) is 0.724. The molecule has 2 aromatic rings. The van der Waals surface area contributed by atoms with Crippen molar-refractivity contribution in [1.82, 2.24) is 4.72 Å². The fourth-order valence-corrected chi connectivity index (χ4v) is 4.17. The lowest BCUT2D eigenvalue weighted by molar-refractivity contribution is -0.151. The summed E-state index contributed by atoms with van der Waals surface area (Å²) in [6.45, 7) is 4.78. The molecule has 0 aromatic heterocycles. The van der Waals surface area contributed by atoms with Crippen LogP contribution in [0.1, 0.15) is 23.6 Å². The number of esters is 1. The molecule has 1 aliphatic heterocycles. The van der Waals surface area contributed by atoms with Crippen LogP contribution in [0.15, 0.2) is 52.4 Å². The van der Waals surface area contributed by atoms with Gasteiger partial charge in [0.1, 0.15) is 12.4 Å². The number of amidine groups is 1. The number of sulfonamides is 1. The molecule has 1 heterocycles. The number of hydrogen-bond donors (Lipinski definition) is 2. The molecule has 1 atom stereocenters. The third-order valence-electron chi connectivity index (χ3n) is 4.44. The van der Waals surface area contributed by atoms with Crippen LogP contribution in [-0.2, 0) is 24.3 Å². The molecule has 0 saturated heterocycles. The molecular formula is C20H21N3O5S. The predicted molar refractivity (Wildman–Crippen MR) is 108 cm³/mol. The number of aryl methyl sites for hydroxylation is 2. The molecule has 0 fully saturated rings. The average Bonchev–Trinajstić information content (AvgIpc) is 2.94. The van der Waals surface area contributed by atoms with Gasteiger partial charge in [0.2, 0.25) is 0 Å². The number of aliphatic imine (C=N–C) groups is 1. The largest absolute Gasteiger partial charge is 0.451 e. The normalized spacial score (nSPS) is 16.6. The summed E-state index contributed by atoms with van der Waals surface area (Å²) >= 11 is 0. The van der Waals surface area contributed by atoms with E-state index in [9.17, 15) is 18.0 Å². The summed E-state index contributed by atoms with van der Waals surface area (Å²) in [4.78, 5) is 28.5. The van der Waals surface area contributed by atoms with Crippen LogP contribution in [0.25, 0.3) is 0 Å². The third-order valence-corrected chi connectivity index (χ3v) is 5.83. The zero-order valence-electron chi connectivity index (χ0n) is 16.2. The van der Waals surface area contributed by atoms with E-state index in [1.165, 1.54) is 13.0 Å². The van der Waals surface area contributed by atoms with Gasteiger partial charge in [-0.1, -0.05) is 30.3 Å². The number of rotatable bonds is 5. The highest BCUT2D eigenvalue weighted by Gasteiger charge is 2.30. The molecule has 29 heavy (non-hydrogen) atoms. The van der Waals surface area contributed by atoms with Gasteiger partial charge >= 0.3 is 5.97 Å². The Balaban J connectivity index is 1.63. The van der Waals surface area contributed by atoms with E-state index in [1.807, 2.05) is 32.0 Å². The standard InChI is InChI=1S/C20H21N3O5S/c1-12-7-6-8-13(2)18(12)22-20(25)14(3)28-17(24)11-21-19-15-9-4-5-10-16(15)29(26,27)23-19/h4-10,14H,11H2,1-3H3,(H,21,23)(H,22,25)/t14-/m0/s1. The van der Waals surface area contributed by atoms with Crippen molar-refractivity contribution in [2.45, 2.75) is 31.8 Å². The number of nitrogens with one attached hydrogen (secondary N) is 2. The summed E-state index contributed by atoms with van der Waals surface area (Å²) in [5, 5.41) is 2.76. The highest BCUT2D eigenvalue weighted by molar-refractivity contribution is 7.90. The second-order valence-electron chi connectivity index (χ2n) is 6.65. The van der Waals surface area contributed by atoms with Gasteiger partial charge in [-0.3, -0.25) is 19.3 Å². The fourth-order valence-electron chi connectivity index (χ4n) is 2.92. The van der Waals surface area contributed by atoms with Gasteiger partial charge in [-0.05, 0) is 44.0 Å². The Morgan fingerprint density at radius 1 is 1.10 bits per heavy atom. The number of hydrogen-bond acceptors (Lipinski definition) is 6. The van der Waals surface area contributed by atoms with Crippen LogP contribution in [0.2, 0.25) is 0 Å². The molecule has 152 valence electrons. The lowest BCUT2D eigenvalue weighted by Gasteiger charge is -2.15. The van der Waals surface area contributed by atoms with Crippen molar-refractivity contribution >= 4 is 33.4 Å². The maximum Gasteiger partial charge on any atom is 0.328 e. The number of benzene rings is 2. The summed E-state index contributed by atoms with van der Waals surface area (Å²) < 4.78 is 31.5. The maximum atomic E-state index is 12.3. The Labute approximate surface area is 169 Å². The van der Waals surface area contributed by atoms with Gasteiger partial charge in [0.05, 0.1) is 4.90 Å². The average molecular weight is 415 g/mol. The second kappa shape index (κ2) is 8.04. The first-order chi connectivity index (χ1) is 13.7. The third kappa shape index (κ3) is 4.45. The molecule has 0 saturated carbocycles. The number of carbonyl (C=O) groups is 2. The van der Waals surface area contributed by atoms with E-state index in [1.54, 1.807) is 18.2 Å². The van der Waals surface area contributed by atoms with Gasteiger partial charge in [0.25, 0.3) is 15.9 Å². The molecule has 8 nitrogen and oxygen atoms in total. The van der Waals surface area contributed by atoms with Crippen LogP contribution >= 0.6 is 0 Å². The minimum atomic E-state index is -3.68. The molecule has 3 rings (SSSR count). The highest BCUT2D eigenvalue weighted by atomic mass is 32.2. The van der Waals surface area contributed by atoms with Crippen molar-refractivity contribution < 1.29 is 22.7 Å². The summed E-state index contributed by atoms with van der Waals surface area (Å²) in [5.74, 6) is -1.13. The first-order valence-corrected chi connectivity index (χ1v) is 10.4.